The highest BCUT2D eigenvalue weighted by Gasteiger charge is 2.46. The zero-order valence-electron chi connectivity index (χ0n) is 18.7. The van der Waals surface area contributed by atoms with E-state index in [0.717, 1.165) is 18.7 Å². The summed E-state index contributed by atoms with van der Waals surface area (Å²) in [6, 6.07) is 11.5. The van der Waals surface area contributed by atoms with Gasteiger partial charge in [-0.2, -0.15) is 0 Å². The Morgan fingerprint density at radius 1 is 1.12 bits per heavy atom. The van der Waals surface area contributed by atoms with Crippen molar-refractivity contribution in [1.29, 1.82) is 0 Å². The molecule has 0 radical (unpaired) electrons. The van der Waals surface area contributed by atoms with Crippen LogP contribution in [-0.2, 0) is 14.3 Å². The number of ether oxygens (including phenoxy) is 2. The van der Waals surface area contributed by atoms with E-state index in [1.807, 2.05) is 6.92 Å². The summed E-state index contributed by atoms with van der Waals surface area (Å²) in [6.45, 7) is 5.65. The third kappa shape index (κ3) is 4.76. The van der Waals surface area contributed by atoms with Gasteiger partial charge in [-0.05, 0) is 48.4 Å². The molecule has 2 saturated heterocycles. The molecule has 2 heterocycles. The Kier molecular flexibility index (Phi) is 7.02. The van der Waals surface area contributed by atoms with E-state index in [2.05, 4.69) is 4.90 Å². The molecule has 0 spiro atoms. The van der Waals surface area contributed by atoms with Crippen molar-refractivity contribution in [2.45, 2.75) is 13.0 Å². The van der Waals surface area contributed by atoms with Gasteiger partial charge >= 0.3 is 0 Å². The molecule has 1 amide bonds. The predicted octanol–water partition coefficient (Wildman–Crippen LogP) is 3.41. The van der Waals surface area contributed by atoms with Crippen molar-refractivity contribution < 1.29 is 24.2 Å². The summed E-state index contributed by atoms with van der Waals surface area (Å²) in [4.78, 5) is 30.0. The highest BCUT2D eigenvalue weighted by atomic mass is 35.5. The molecule has 8 heteroatoms. The Bertz CT molecular complexity index is 1080. The number of rotatable bonds is 6. The minimum Gasteiger partial charge on any atom is -0.507 e. The molecule has 0 saturated carbocycles. The van der Waals surface area contributed by atoms with Crippen LogP contribution in [0.15, 0.2) is 48.0 Å². The number of halogens is 1. The van der Waals surface area contributed by atoms with Gasteiger partial charge in [-0.15, -0.1) is 0 Å². The van der Waals surface area contributed by atoms with Gasteiger partial charge in [0.2, 0.25) is 0 Å². The van der Waals surface area contributed by atoms with E-state index in [1.165, 1.54) is 0 Å². The van der Waals surface area contributed by atoms with Crippen molar-refractivity contribution in [3.05, 3.63) is 69.8 Å². The molecule has 2 aromatic rings. The summed E-state index contributed by atoms with van der Waals surface area (Å²) in [5.74, 6) is -0.854. The van der Waals surface area contributed by atoms with Crippen LogP contribution in [0.5, 0.6) is 5.75 Å². The Morgan fingerprint density at radius 2 is 1.82 bits per heavy atom. The number of benzene rings is 2. The van der Waals surface area contributed by atoms with Crippen molar-refractivity contribution in [3.63, 3.8) is 0 Å². The van der Waals surface area contributed by atoms with E-state index >= 15 is 0 Å². The Morgan fingerprint density at radius 3 is 2.45 bits per heavy atom. The standard InChI is InChI=1S/C25H27ClN2O5/c1-16-15-19(32-2)7-8-20(16)23(29)21-22(17-3-5-18(26)6-4-17)28(25(31)24(21)30)10-9-27-11-13-33-14-12-27/h3-8,15,22,29H,9-14H2,1-2H3/t22-/m1/s1. The van der Waals surface area contributed by atoms with Crippen molar-refractivity contribution in [1.82, 2.24) is 9.80 Å². The zero-order chi connectivity index (χ0) is 23.5. The Hall–Kier alpha value is -2.87. The number of nitrogens with zero attached hydrogens (tertiary/aromatic N) is 2. The SMILES string of the molecule is COc1ccc(C(O)=C2C(=O)C(=O)N(CCN3CCOCC3)[C@@H]2c2ccc(Cl)cc2)c(C)c1. The molecule has 2 aliphatic heterocycles. The van der Waals surface area contributed by atoms with Gasteiger partial charge in [-0.25, -0.2) is 0 Å². The smallest absolute Gasteiger partial charge is 0.295 e. The molecule has 0 aromatic heterocycles. The summed E-state index contributed by atoms with van der Waals surface area (Å²) in [7, 11) is 1.56. The second kappa shape index (κ2) is 9.95. The number of ketones is 1. The van der Waals surface area contributed by atoms with E-state index in [4.69, 9.17) is 21.1 Å². The molecule has 4 rings (SSSR count). The fourth-order valence-electron chi connectivity index (χ4n) is 4.35. The number of carbonyl (C=O) groups is 2. The lowest BCUT2D eigenvalue weighted by Crippen LogP contribution is -2.42. The van der Waals surface area contributed by atoms with Gasteiger partial charge in [0.05, 0.1) is 31.9 Å². The molecule has 0 bridgehead atoms. The number of hydrogen-bond acceptors (Lipinski definition) is 6. The molecule has 1 N–H and O–H groups in total. The van der Waals surface area contributed by atoms with Gasteiger partial charge in [0.25, 0.3) is 11.7 Å². The van der Waals surface area contributed by atoms with Crippen molar-refractivity contribution in [2.24, 2.45) is 0 Å². The zero-order valence-corrected chi connectivity index (χ0v) is 19.5. The van der Waals surface area contributed by atoms with E-state index in [0.29, 0.717) is 48.2 Å². The third-order valence-corrected chi connectivity index (χ3v) is 6.43. The first-order valence-electron chi connectivity index (χ1n) is 10.9. The van der Waals surface area contributed by atoms with Crippen molar-refractivity contribution >= 4 is 29.1 Å². The number of aliphatic hydroxyl groups is 1. The van der Waals surface area contributed by atoms with Crippen LogP contribution in [0, 0.1) is 6.92 Å². The maximum absolute atomic E-state index is 13.2. The third-order valence-electron chi connectivity index (χ3n) is 6.18. The molecule has 1 atom stereocenters. The van der Waals surface area contributed by atoms with Gasteiger partial charge in [0, 0.05) is 36.8 Å². The second-order valence-electron chi connectivity index (χ2n) is 8.18. The average Bonchev–Trinajstić information content (AvgIpc) is 3.08. The molecule has 2 aliphatic rings. The summed E-state index contributed by atoms with van der Waals surface area (Å²) in [6.07, 6.45) is 0. The van der Waals surface area contributed by atoms with Gasteiger partial charge in [-0.1, -0.05) is 23.7 Å². The van der Waals surface area contributed by atoms with Gasteiger partial charge in [-0.3, -0.25) is 14.5 Å². The lowest BCUT2D eigenvalue weighted by atomic mass is 9.94. The monoisotopic (exact) mass is 470 g/mol. The lowest BCUT2D eigenvalue weighted by Gasteiger charge is -2.31. The van der Waals surface area contributed by atoms with Crippen LogP contribution in [0.3, 0.4) is 0 Å². The number of amides is 1. The van der Waals surface area contributed by atoms with Crippen LogP contribution < -0.4 is 4.74 Å². The quantitative estimate of drug-likeness (QED) is 0.396. The van der Waals surface area contributed by atoms with Gasteiger partial charge in [0.1, 0.15) is 11.5 Å². The summed E-state index contributed by atoms with van der Waals surface area (Å²) in [5, 5.41) is 11.8. The first kappa shape index (κ1) is 23.3. The van der Waals surface area contributed by atoms with Crippen LogP contribution >= 0.6 is 11.6 Å². The molecule has 33 heavy (non-hydrogen) atoms. The topological polar surface area (TPSA) is 79.3 Å². The molecule has 0 aliphatic carbocycles. The molecule has 7 nitrogen and oxygen atoms in total. The van der Waals surface area contributed by atoms with E-state index in [-0.39, 0.29) is 11.3 Å². The Labute approximate surface area is 198 Å². The largest absolute Gasteiger partial charge is 0.507 e. The molecular formula is C25H27ClN2O5. The fourth-order valence-corrected chi connectivity index (χ4v) is 4.48. The molecule has 0 unspecified atom stereocenters. The number of aryl methyl sites for hydroxylation is 1. The number of morpholine rings is 1. The molecule has 174 valence electrons. The van der Waals surface area contributed by atoms with Gasteiger partial charge < -0.3 is 19.5 Å². The minimum atomic E-state index is -0.704. The summed E-state index contributed by atoms with van der Waals surface area (Å²) >= 11 is 6.08. The van der Waals surface area contributed by atoms with Crippen molar-refractivity contribution in [2.75, 3.05) is 46.5 Å². The number of methoxy groups -OCH3 is 1. The molecule has 2 fully saturated rings. The molecular weight excluding hydrogens is 444 g/mol. The van der Waals surface area contributed by atoms with Crippen LogP contribution in [0.1, 0.15) is 22.7 Å². The number of hydrogen-bond donors (Lipinski definition) is 1. The first-order chi connectivity index (χ1) is 15.9. The predicted molar refractivity (Wildman–Crippen MR) is 125 cm³/mol. The number of likely N-dealkylation sites (tertiary alicyclic amines) is 1. The van der Waals surface area contributed by atoms with Crippen LogP contribution in [-0.4, -0.2) is 73.1 Å². The van der Waals surface area contributed by atoms with E-state index in [9.17, 15) is 14.7 Å². The maximum atomic E-state index is 13.2. The summed E-state index contributed by atoms with van der Waals surface area (Å²) < 4.78 is 10.6. The first-order valence-corrected chi connectivity index (χ1v) is 11.3. The number of carbonyl (C=O) groups excluding carboxylic acids is 2. The van der Waals surface area contributed by atoms with Crippen molar-refractivity contribution in [3.8, 4) is 5.75 Å². The van der Waals surface area contributed by atoms with E-state index in [1.54, 1.807) is 54.5 Å². The highest BCUT2D eigenvalue weighted by Crippen LogP contribution is 2.40. The molecule has 2 aromatic carbocycles. The second-order valence-corrected chi connectivity index (χ2v) is 8.62. The van der Waals surface area contributed by atoms with Crippen LogP contribution in [0.25, 0.3) is 5.76 Å². The van der Waals surface area contributed by atoms with Gasteiger partial charge in [0.15, 0.2) is 0 Å². The fraction of sp³-hybridized carbons (Fsp3) is 0.360. The highest BCUT2D eigenvalue weighted by molar-refractivity contribution is 6.46. The number of aliphatic hydroxyl groups excluding tert-OH is 1. The number of Topliss-reactive ketones (excluding diaryl/α,β-unsaturated/α-hetero) is 1. The van der Waals surface area contributed by atoms with E-state index < -0.39 is 17.7 Å². The van der Waals surface area contributed by atoms with Crippen LogP contribution in [0.4, 0.5) is 0 Å². The summed E-state index contributed by atoms with van der Waals surface area (Å²) in [5.41, 5.74) is 2.02. The lowest BCUT2D eigenvalue weighted by molar-refractivity contribution is -0.140. The Balaban J connectivity index is 1.75. The minimum absolute atomic E-state index is 0.0811. The normalized spacial score (nSPS) is 20.9. The average molecular weight is 471 g/mol. The maximum Gasteiger partial charge on any atom is 0.295 e. The van der Waals surface area contributed by atoms with Crippen LogP contribution in [0.2, 0.25) is 5.02 Å².